The molecule has 0 spiro atoms. The van der Waals surface area contributed by atoms with Crippen LogP contribution in [0, 0.1) is 0 Å². The highest BCUT2D eigenvalue weighted by atomic mass is 35.5. The molecular weight excluding hydrogens is 292 g/mol. The van der Waals surface area contributed by atoms with Crippen LogP contribution < -0.4 is 10.1 Å². The number of benzene rings is 1. The van der Waals surface area contributed by atoms with Gasteiger partial charge in [-0.1, -0.05) is 29.8 Å². The molecule has 0 aliphatic rings. The van der Waals surface area contributed by atoms with Crippen molar-refractivity contribution in [2.24, 2.45) is 0 Å². The molecule has 0 atom stereocenters. The lowest BCUT2D eigenvalue weighted by Gasteiger charge is -2.11. The molecule has 6 heteroatoms. The van der Waals surface area contributed by atoms with Crippen LogP contribution in [0.1, 0.15) is 15.9 Å². The number of halogens is 1. The van der Waals surface area contributed by atoms with E-state index < -0.39 is 0 Å². The standard InChI is InChI=1S/C15H15ClN2O3/c16-14-12(5-3-7-17-14)15(20)18-10-11-4-1-2-6-13(11)21-9-8-19/h1-7,19H,8-10H2,(H,18,20). The molecule has 110 valence electrons. The number of rotatable bonds is 6. The van der Waals surface area contributed by atoms with Gasteiger partial charge in [-0.3, -0.25) is 4.79 Å². The summed E-state index contributed by atoms with van der Waals surface area (Å²) < 4.78 is 5.41. The molecular formula is C15H15ClN2O3. The zero-order chi connectivity index (χ0) is 15.1. The topological polar surface area (TPSA) is 71.5 Å². The number of aliphatic hydroxyl groups excluding tert-OH is 1. The molecule has 5 nitrogen and oxygen atoms in total. The highest BCUT2D eigenvalue weighted by molar-refractivity contribution is 6.32. The molecule has 0 saturated carbocycles. The monoisotopic (exact) mass is 306 g/mol. The van der Waals surface area contributed by atoms with Crippen LogP contribution in [0.15, 0.2) is 42.6 Å². The van der Waals surface area contributed by atoms with Gasteiger partial charge in [0.05, 0.1) is 12.2 Å². The third kappa shape index (κ3) is 4.18. The van der Waals surface area contributed by atoms with Crippen LogP contribution in [0.25, 0.3) is 0 Å². The van der Waals surface area contributed by atoms with Gasteiger partial charge >= 0.3 is 0 Å². The second kappa shape index (κ2) is 7.61. The summed E-state index contributed by atoms with van der Waals surface area (Å²) in [4.78, 5) is 15.9. The minimum absolute atomic E-state index is 0.0635. The number of pyridine rings is 1. The van der Waals surface area contributed by atoms with Gasteiger partial charge in [-0.2, -0.15) is 0 Å². The number of nitrogens with zero attached hydrogens (tertiary/aromatic N) is 1. The molecule has 2 N–H and O–H groups in total. The summed E-state index contributed by atoms with van der Waals surface area (Å²) in [5, 5.41) is 11.7. The lowest BCUT2D eigenvalue weighted by Crippen LogP contribution is -2.23. The van der Waals surface area contributed by atoms with E-state index >= 15 is 0 Å². The molecule has 1 heterocycles. The molecule has 0 aliphatic heterocycles. The second-order valence-corrected chi connectivity index (χ2v) is 4.56. The van der Waals surface area contributed by atoms with E-state index in [-0.39, 0.29) is 24.3 Å². The van der Waals surface area contributed by atoms with Gasteiger partial charge in [-0.05, 0) is 18.2 Å². The van der Waals surface area contributed by atoms with Crippen molar-refractivity contribution in [1.29, 1.82) is 0 Å². The number of hydrogen-bond acceptors (Lipinski definition) is 4. The Labute approximate surface area is 127 Å². The Morgan fingerprint density at radius 1 is 1.29 bits per heavy atom. The van der Waals surface area contributed by atoms with Crippen LogP contribution in [-0.2, 0) is 6.54 Å². The first kappa shape index (κ1) is 15.3. The van der Waals surface area contributed by atoms with Gasteiger partial charge in [-0.25, -0.2) is 4.98 Å². The van der Waals surface area contributed by atoms with Crippen molar-refractivity contribution < 1.29 is 14.6 Å². The predicted molar refractivity (Wildman–Crippen MR) is 79.4 cm³/mol. The maximum absolute atomic E-state index is 12.0. The van der Waals surface area contributed by atoms with E-state index in [1.165, 1.54) is 6.20 Å². The molecule has 0 radical (unpaired) electrons. The first-order valence-corrected chi connectivity index (χ1v) is 6.80. The fourth-order valence-electron chi connectivity index (χ4n) is 1.77. The normalized spacial score (nSPS) is 10.2. The third-order valence-electron chi connectivity index (χ3n) is 2.76. The lowest BCUT2D eigenvalue weighted by atomic mass is 10.2. The highest BCUT2D eigenvalue weighted by Crippen LogP contribution is 2.18. The summed E-state index contributed by atoms with van der Waals surface area (Å²) in [6.07, 6.45) is 1.52. The summed E-state index contributed by atoms with van der Waals surface area (Å²) in [5.74, 6) is 0.328. The number of aromatic nitrogens is 1. The van der Waals surface area contributed by atoms with Crippen LogP contribution in [0.5, 0.6) is 5.75 Å². The van der Waals surface area contributed by atoms with Crippen LogP contribution in [0.2, 0.25) is 5.15 Å². The minimum atomic E-state index is -0.301. The van der Waals surface area contributed by atoms with Gasteiger partial charge in [0.25, 0.3) is 5.91 Å². The van der Waals surface area contributed by atoms with Crippen molar-refractivity contribution >= 4 is 17.5 Å². The molecule has 0 aliphatic carbocycles. The van der Waals surface area contributed by atoms with Crippen molar-refractivity contribution in [3.05, 3.63) is 58.9 Å². The zero-order valence-electron chi connectivity index (χ0n) is 11.3. The summed E-state index contributed by atoms with van der Waals surface area (Å²) in [5.41, 5.74) is 1.15. The Hall–Kier alpha value is -2.11. The van der Waals surface area contributed by atoms with E-state index in [1.54, 1.807) is 18.2 Å². The van der Waals surface area contributed by atoms with Gasteiger partial charge in [0.1, 0.15) is 17.5 Å². The number of nitrogens with one attached hydrogen (secondary N) is 1. The predicted octanol–water partition coefficient (Wildman–Crippen LogP) is 2.04. The van der Waals surface area contributed by atoms with E-state index in [2.05, 4.69) is 10.3 Å². The van der Waals surface area contributed by atoms with E-state index in [1.807, 2.05) is 18.2 Å². The lowest BCUT2D eigenvalue weighted by molar-refractivity contribution is 0.0950. The van der Waals surface area contributed by atoms with Gasteiger partial charge in [-0.15, -0.1) is 0 Å². The molecule has 1 amide bonds. The molecule has 0 saturated heterocycles. The highest BCUT2D eigenvalue weighted by Gasteiger charge is 2.11. The molecule has 1 aromatic carbocycles. The Morgan fingerprint density at radius 2 is 2.10 bits per heavy atom. The maximum Gasteiger partial charge on any atom is 0.254 e. The summed E-state index contributed by atoms with van der Waals surface area (Å²) in [6.45, 7) is 0.442. The fraction of sp³-hybridized carbons (Fsp3) is 0.200. The largest absolute Gasteiger partial charge is 0.491 e. The molecule has 0 unspecified atom stereocenters. The Morgan fingerprint density at radius 3 is 2.86 bits per heavy atom. The molecule has 21 heavy (non-hydrogen) atoms. The quantitative estimate of drug-likeness (QED) is 0.801. The number of ether oxygens (including phenoxy) is 1. The maximum atomic E-state index is 12.0. The van der Waals surface area contributed by atoms with Crippen LogP contribution in [0.4, 0.5) is 0 Å². The Balaban J connectivity index is 2.03. The van der Waals surface area contributed by atoms with E-state index in [0.717, 1.165) is 5.56 Å². The third-order valence-corrected chi connectivity index (χ3v) is 3.07. The smallest absolute Gasteiger partial charge is 0.254 e. The average molecular weight is 307 g/mol. The first-order chi connectivity index (χ1) is 10.2. The van der Waals surface area contributed by atoms with Gasteiger partial charge < -0.3 is 15.2 Å². The summed E-state index contributed by atoms with van der Waals surface area (Å²) in [6, 6.07) is 10.6. The molecule has 1 aromatic heterocycles. The Kier molecular flexibility index (Phi) is 5.54. The SMILES string of the molecule is O=C(NCc1ccccc1OCCO)c1cccnc1Cl. The van der Waals surface area contributed by atoms with Crippen LogP contribution in [0.3, 0.4) is 0 Å². The van der Waals surface area contributed by atoms with Crippen molar-refractivity contribution in [2.75, 3.05) is 13.2 Å². The van der Waals surface area contributed by atoms with Crippen LogP contribution in [-0.4, -0.2) is 29.2 Å². The first-order valence-electron chi connectivity index (χ1n) is 6.42. The molecule has 0 bridgehead atoms. The van der Waals surface area contributed by atoms with Crippen molar-refractivity contribution in [3.63, 3.8) is 0 Å². The van der Waals surface area contributed by atoms with Gasteiger partial charge in [0.2, 0.25) is 0 Å². The summed E-state index contributed by atoms with van der Waals surface area (Å²) >= 11 is 5.88. The fourth-order valence-corrected chi connectivity index (χ4v) is 1.98. The molecule has 2 rings (SSSR count). The minimum Gasteiger partial charge on any atom is -0.491 e. The number of amides is 1. The van der Waals surface area contributed by atoms with Crippen molar-refractivity contribution in [3.8, 4) is 5.75 Å². The van der Waals surface area contributed by atoms with E-state index in [0.29, 0.717) is 17.9 Å². The zero-order valence-corrected chi connectivity index (χ0v) is 12.0. The number of carbonyl (C=O) groups is 1. The number of hydrogen-bond donors (Lipinski definition) is 2. The molecule has 2 aromatic rings. The van der Waals surface area contributed by atoms with Crippen molar-refractivity contribution in [1.82, 2.24) is 10.3 Å². The van der Waals surface area contributed by atoms with E-state index in [9.17, 15) is 4.79 Å². The van der Waals surface area contributed by atoms with Crippen molar-refractivity contribution in [2.45, 2.75) is 6.54 Å². The van der Waals surface area contributed by atoms with E-state index in [4.69, 9.17) is 21.4 Å². The molecule has 0 fully saturated rings. The number of carbonyl (C=O) groups excluding carboxylic acids is 1. The van der Waals surface area contributed by atoms with Gasteiger partial charge in [0.15, 0.2) is 0 Å². The Bertz CT molecular complexity index is 619. The summed E-state index contributed by atoms with van der Waals surface area (Å²) in [7, 11) is 0. The van der Waals surface area contributed by atoms with Crippen LogP contribution >= 0.6 is 11.6 Å². The van der Waals surface area contributed by atoms with Gasteiger partial charge in [0, 0.05) is 18.3 Å². The average Bonchev–Trinajstić information content (AvgIpc) is 2.52. The number of aliphatic hydroxyl groups is 1. The number of para-hydroxylation sites is 1. The second-order valence-electron chi connectivity index (χ2n) is 4.20.